The Labute approximate surface area is 120 Å². The van der Waals surface area contributed by atoms with E-state index in [0.717, 1.165) is 0 Å². The molecule has 0 aliphatic rings. The molecule has 110 valence electrons. The van der Waals surface area contributed by atoms with Gasteiger partial charge in [-0.25, -0.2) is 4.98 Å². The Morgan fingerprint density at radius 1 is 1.38 bits per heavy atom. The van der Waals surface area contributed by atoms with Crippen LogP contribution in [0, 0.1) is 6.92 Å². The first-order chi connectivity index (χ1) is 10.1. The summed E-state index contributed by atoms with van der Waals surface area (Å²) < 4.78 is 6.30. The summed E-state index contributed by atoms with van der Waals surface area (Å²) in [5.74, 6) is -0.0252. The van der Waals surface area contributed by atoms with Gasteiger partial charge in [0.05, 0.1) is 13.4 Å². The number of rotatable bonds is 5. The molecule has 1 amide bonds. The van der Waals surface area contributed by atoms with Gasteiger partial charge in [0.15, 0.2) is 5.69 Å². The summed E-state index contributed by atoms with van der Waals surface area (Å²) in [6.07, 6.45) is 2.94. The lowest BCUT2D eigenvalue weighted by atomic mass is 10.3. The van der Waals surface area contributed by atoms with E-state index in [9.17, 15) is 9.59 Å². The number of ether oxygens (including phenoxy) is 1. The van der Waals surface area contributed by atoms with Gasteiger partial charge in [0.2, 0.25) is 5.88 Å². The minimum atomic E-state index is -0.362. The zero-order valence-electron chi connectivity index (χ0n) is 11.7. The van der Waals surface area contributed by atoms with Crippen LogP contribution in [0.15, 0.2) is 29.5 Å². The summed E-state index contributed by atoms with van der Waals surface area (Å²) in [6, 6.07) is 3.07. The van der Waals surface area contributed by atoms with Crippen LogP contribution in [-0.2, 0) is 6.54 Å². The molecule has 0 bridgehead atoms. The second-order valence-corrected chi connectivity index (χ2v) is 4.29. The number of aromatic nitrogens is 4. The minimum Gasteiger partial charge on any atom is -0.480 e. The lowest BCUT2D eigenvalue weighted by Gasteiger charge is -2.07. The number of amides is 1. The van der Waals surface area contributed by atoms with Gasteiger partial charge in [-0.3, -0.25) is 14.2 Å². The second kappa shape index (κ2) is 6.60. The average molecular weight is 289 g/mol. The molecule has 0 unspecified atom stereocenters. The van der Waals surface area contributed by atoms with Gasteiger partial charge in [-0.05, 0) is 13.0 Å². The predicted molar refractivity (Wildman–Crippen MR) is 74.2 cm³/mol. The van der Waals surface area contributed by atoms with E-state index in [0.29, 0.717) is 18.0 Å². The summed E-state index contributed by atoms with van der Waals surface area (Å²) in [6.45, 7) is 2.32. The van der Waals surface area contributed by atoms with Crippen LogP contribution < -0.4 is 15.6 Å². The standard InChI is InChI=1S/C13H15N5O3/c1-9-7-14-8-18(13(9)20)6-5-15-12(19)10-3-4-11(21-2)17-16-10/h3-4,7-8H,5-6H2,1-2H3,(H,15,19). The number of aryl methyl sites for hydroxylation is 1. The van der Waals surface area contributed by atoms with Crippen molar-refractivity contribution in [3.05, 3.63) is 46.3 Å². The molecule has 0 radical (unpaired) electrons. The topological polar surface area (TPSA) is 99.0 Å². The van der Waals surface area contributed by atoms with Crippen molar-refractivity contribution >= 4 is 5.91 Å². The summed E-state index contributed by atoms with van der Waals surface area (Å²) in [7, 11) is 1.47. The van der Waals surface area contributed by atoms with Gasteiger partial charge in [0.25, 0.3) is 11.5 Å². The summed E-state index contributed by atoms with van der Waals surface area (Å²) in [5, 5.41) is 10.1. The smallest absolute Gasteiger partial charge is 0.271 e. The van der Waals surface area contributed by atoms with Crippen LogP contribution in [0.25, 0.3) is 0 Å². The van der Waals surface area contributed by atoms with E-state index in [1.165, 1.54) is 30.3 Å². The molecule has 0 spiro atoms. The largest absolute Gasteiger partial charge is 0.480 e. The minimum absolute atomic E-state index is 0.122. The highest BCUT2D eigenvalue weighted by Crippen LogP contribution is 2.03. The summed E-state index contributed by atoms with van der Waals surface area (Å²) >= 11 is 0. The van der Waals surface area contributed by atoms with E-state index in [-0.39, 0.29) is 23.7 Å². The molecule has 2 rings (SSSR count). The second-order valence-electron chi connectivity index (χ2n) is 4.29. The van der Waals surface area contributed by atoms with Crippen LogP contribution in [0.3, 0.4) is 0 Å². The van der Waals surface area contributed by atoms with E-state index in [1.54, 1.807) is 13.0 Å². The van der Waals surface area contributed by atoms with Gasteiger partial charge in [0, 0.05) is 30.9 Å². The van der Waals surface area contributed by atoms with Crippen molar-refractivity contribution in [2.24, 2.45) is 0 Å². The fourth-order valence-corrected chi connectivity index (χ4v) is 1.65. The number of carbonyl (C=O) groups excluding carboxylic acids is 1. The number of carbonyl (C=O) groups is 1. The first-order valence-electron chi connectivity index (χ1n) is 6.29. The SMILES string of the molecule is COc1ccc(C(=O)NCCn2cncc(C)c2=O)nn1. The fourth-order valence-electron chi connectivity index (χ4n) is 1.65. The van der Waals surface area contributed by atoms with Crippen LogP contribution in [0.2, 0.25) is 0 Å². The highest BCUT2D eigenvalue weighted by atomic mass is 16.5. The molecule has 21 heavy (non-hydrogen) atoms. The first kappa shape index (κ1) is 14.6. The van der Waals surface area contributed by atoms with E-state index in [2.05, 4.69) is 20.5 Å². The Morgan fingerprint density at radius 3 is 2.86 bits per heavy atom. The molecule has 0 aliphatic carbocycles. The van der Waals surface area contributed by atoms with Gasteiger partial charge < -0.3 is 10.1 Å². The van der Waals surface area contributed by atoms with Gasteiger partial charge >= 0.3 is 0 Å². The van der Waals surface area contributed by atoms with Gasteiger partial charge in [0.1, 0.15) is 0 Å². The van der Waals surface area contributed by atoms with Gasteiger partial charge in [-0.15, -0.1) is 10.2 Å². The van der Waals surface area contributed by atoms with Crippen LogP contribution in [0.4, 0.5) is 0 Å². The van der Waals surface area contributed by atoms with E-state index < -0.39 is 0 Å². The molecule has 0 saturated carbocycles. The molecule has 0 fully saturated rings. The van der Waals surface area contributed by atoms with E-state index in [4.69, 9.17) is 4.74 Å². The van der Waals surface area contributed by atoms with Crippen molar-refractivity contribution in [2.45, 2.75) is 13.5 Å². The van der Waals surface area contributed by atoms with Gasteiger partial charge in [-0.2, -0.15) is 0 Å². The van der Waals surface area contributed by atoms with Crippen molar-refractivity contribution in [2.75, 3.05) is 13.7 Å². The summed E-state index contributed by atoms with van der Waals surface area (Å²) in [4.78, 5) is 27.5. The Morgan fingerprint density at radius 2 is 2.19 bits per heavy atom. The molecular formula is C13H15N5O3. The Balaban J connectivity index is 1.92. The maximum absolute atomic E-state index is 11.8. The number of nitrogens with one attached hydrogen (secondary N) is 1. The Bertz CT molecular complexity index is 681. The van der Waals surface area contributed by atoms with Crippen molar-refractivity contribution in [1.82, 2.24) is 25.1 Å². The van der Waals surface area contributed by atoms with Crippen molar-refractivity contribution < 1.29 is 9.53 Å². The van der Waals surface area contributed by atoms with E-state index >= 15 is 0 Å². The molecule has 2 aromatic heterocycles. The molecule has 8 heteroatoms. The zero-order chi connectivity index (χ0) is 15.2. The molecular weight excluding hydrogens is 274 g/mol. The highest BCUT2D eigenvalue weighted by molar-refractivity contribution is 5.92. The molecule has 1 N–H and O–H groups in total. The zero-order valence-corrected chi connectivity index (χ0v) is 11.7. The molecule has 0 saturated heterocycles. The Kier molecular flexibility index (Phi) is 4.60. The molecule has 2 aromatic rings. The lowest BCUT2D eigenvalue weighted by molar-refractivity contribution is 0.0946. The number of methoxy groups -OCH3 is 1. The van der Waals surface area contributed by atoms with E-state index in [1.807, 2.05) is 0 Å². The van der Waals surface area contributed by atoms with Crippen LogP contribution >= 0.6 is 0 Å². The average Bonchev–Trinajstić information content (AvgIpc) is 2.51. The quantitative estimate of drug-likeness (QED) is 0.817. The number of nitrogens with zero attached hydrogens (tertiary/aromatic N) is 4. The number of hydrogen-bond acceptors (Lipinski definition) is 6. The van der Waals surface area contributed by atoms with Gasteiger partial charge in [-0.1, -0.05) is 0 Å². The predicted octanol–water partition coefficient (Wildman–Crippen LogP) is -0.220. The van der Waals surface area contributed by atoms with Crippen LogP contribution in [-0.4, -0.2) is 39.3 Å². The molecule has 0 aromatic carbocycles. The third-order valence-corrected chi connectivity index (χ3v) is 2.79. The molecule has 8 nitrogen and oxygen atoms in total. The number of hydrogen-bond donors (Lipinski definition) is 1. The molecule has 0 aliphatic heterocycles. The van der Waals surface area contributed by atoms with Crippen molar-refractivity contribution in [3.63, 3.8) is 0 Å². The molecule has 2 heterocycles. The maximum atomic E-state index is 11.8. The van der Waals surface area contributed by atoms with Crippen LogP contribution in [0.1, 0.15) is 16.1 Å². The third-order valence-electron chi connectivity index (χ3n) is 2.79. The van der Waals surface area contributed by atoms with Crippen LogP contribution in [0.5, 0.6) is 5.88 Å². The Hall–Kier alpha value is -2.77. The summed E-state index contributed by atoms with van der Waals surface area (Å²) in [5.41, 5.74) is 0.624. The normalized spacial score (nSPS) is 10.2. The third kappa shape index (κ3) is 3.62. The van der Waals surface area contributed by atoms with Crippen molar-refractivity contribution in [3.8, 4) is 5.88 Å². The maximum Gasteiger partial charge on any atom is 0.271 e. The molecule has 0 atom stereocenters. The first-order valence-corrected chi connectivity index (χ1v) is 6.29. The highest BCUT2D eigenvalue weighted by Gasteiger charge is 2.08. The lowest BCUT2D eigenvalue weighted by Crippen LogP contribution is -2.32. The monoisotopic (exact) mass is 289 g/mol. The fraction of sp³-hybridized carbons (Fsp3) is 0.308. The van der Waals surface area contributed by atoms with Crippen molar-refractivity contribution in [1.29, 1.82) is 0 Å².